The SMILES string of the molecule is CCc1ccc(C2CNCCN2S(=O)(=O)Cc2cccc(C#N)c2)cc1. The van der Waals surface area contributed by atoms with E-state index < -0.39 is 10.0 Å². The summed E-state index contributed by atoms with van der Waals surface area (Å²) in [4.78, 5) is 0. The number of nitrogens with zero attached hydrogens (tertiary/aromatic N) is 2. The maximum atomic E-state index is 13.1. The second kappa shape index (κ2) is 8.00. The van der Waals surface area contributed by atoms with Gasteiger partial charge in [-0.25, -0.2) is 8.42 Å². The van der Waals surface area contributed by atoms with E-state index in [0.29, 0.717) is 30.8 Å². The van der Waals surface area contributed by atoms with E-state index in [2.05, 4.69) is 30.4 Å². The number of nitrogens with one attached hydrogen (secondary N) is 1. The van der Waals surface area contributed by atoms with Crippen LogP contribution in [0.3, 0.4) is 0 Å². The monoisotopic (exact) mass is 369 g/mol. The van der Waals surface area contributed by atoms with Gasteiger partial charge in [-0.2, -0.15) is 9.57 Å². The first-order chi connectivity index (χ1) is 12.5. The Morgan fingerprint density at radius 2 is 1.96 bits per heavy atom. The molecule has 3 rings (SSSR count). The van der Waals surface area contributed by atoms with E-state index in [1.807, 2.05) is 12.1 Å². The van der Waals surface area contributed by atoms with Crippen LogP contribution in [0.4, 0.5) is 0 Å². The van der Waals surface area contributed by atoms with Crippen LogP contribution in [0.2, 0.25) is 0 Å². The van der Waals surface area contributed by atoms with E-state index >= 15 is 0 Å². The number of hydrogen-bond donors (Lipinski definition) is 1. The normalized spacial score (nSPS) is 18.4. The molecule has 0 amide bonds. The summed E-state index contributed by atoms with van der Waals surface area (Å²) in [5, 5.41) is 12.3. The molecule has 1 atom stereocenters. The molecule has 0 saturated carbocycles. The van der Waals surface area contributed by atoms with Gasteiger partial charge in [-0.15, -0.1) is 0 Å². The molecule has 26 heavy (non-hydrogen) atoms. The van der Waals surface area contributed by atoms with Gasteiger partial charge in [0.25, 0.3) is 0 Å². The van der Waals surface area contributed by atoms with Crippen LogP contribution in [0, 0.1) is 11.3 Å². The third-order valence-corrected chi connectivity index (χ3v) is 6.58. The molecular formula is C20H23N3O2S. The highest BCUT2D eigenvalue weighted by molar-refractivity contribution is 7.88. The van der Waals surface area contributed by atoms with E-state index in [1.54, 1.807) is 28.6 Å². The van der Waals surface area contributed by atoms with Crippen LogP contribution < -0.4 is 5.32 Å². The van der Waals surface area contributed by atoms with Crippen LogP contribution in [0.15, 0.2) is 48.5 Å². The van der Waals surface area contributed by atoms with Gasteiger partial charge in [-0.3, -0.25) is 0 Å². The minimum atomic E-state index is -3.49. The fourth-order valence-electron chi connectivity index (χ4n) is 3.30. The van der Waals surface area contributed by atoms with Gasteiger partial charge in [0.2, 0.25) is 10.0 Å². The Kier molecular flexibility index (Phi) is 5.72. The van der Waals surface area contributed by atoms with Gasteiger partial charge in [-0.05, 0) is 35.2 Å². The van der Waals surface area contributed by atoms with E-state index in [4.69, 9.17) is 5.26 Å². The highest BCUT2D eigenvalue weighted by Gasteiger charge is 2.33. The van der Waals surface area contributed by atoms with Gasteiger partial charge in [0, 0.05) is 19.6 Å². The molecule has 0 aromatic heterocycles. The lowest BCUT2D eigenvalue weighted by Gasteiger charge is -2.35. The Morgan fingerprint density at radius 1 is 1.19 bits per heavy atom. The third-order valence-electron chi connectivity index (χ3n) is 4.73. The number of hydrogen-bond acceptors (Lipinski definition) is 4. The topological polar surface area (TPSA) is 73.2 Å². The highest BCUT2D eigenvalue weighted by Crippen LogP contribution is 2.27. The van der Waals surface area contributed by atoms with Gasteiger partial charge in [0.05, 0.1) is 23.4 Å². The first-order valence-electron chi connectivity index (χ1n) is 8.81. The van der Waals surface area contributed by atoms with Crippen LogP contribution in [-0.2, 0) is 22.2 Å². The van der Waals surface area contributed by atoms with Crippen molar-refractivity contribution in [2.24, 2.45) is 0 Å². The number of nitriles is 1. The summed E-state index contributed by atoms with van der Waals surface area (Å²) in [7, 11) is -3.49. The lowest BCUT2D eigenvalue weighted by Crippen LogP contribution is -2.48. The Labute approximate surface area is 155 Å². The van der Waals surface area contributed by atoms with Crippen LogP contribution >= 0.6 is 0 Å². The molecule has 1 aliphatic rings. The summed E-state index contributed by atoms with van der Waals surface area (Å²) in [6, 6.07) is 16.8. The molecule has 0 spiro atoms. The summed E-state index contributed by atoms with van der Waals surface area (Å²) in [5.41, 5.74) is 3.36. The predicted octanol–water partition coefficient (Wildman–Crippen LogP) is 2.60. The Morgan fingerprint density at radius 3 is 2.65 bits per heavy atom. The van der Waals surface area contributed by atoms with Crippen molar-refractivity contribution in [2.75, 3.05) is 19.6 Å². The lowest BCUT2D eigenvalue weighted by atomic mass is 10.0. The van der Waals surface area contributed by atoms with Crippen LogP contribution in [0.5, 0.6) is 0 Å². The zero-order valence-corrected chi connectivity index (χ0v) is 15.7. The molecule has 1 fully saturated rings. The highest BCUT2D eigenvalue weighted by atomic mass is 32.2. The van der Waals surface area contributed by atoms with E-state index in [-0.39, 0.29) is 11.8 Å². The second-order valence-electron chi connectivity index (χ2n) is 6.49. The first-order valence-corrected chi connectivity index (χ1v) is 10.4. The lowest BCUT2D eigenvalue weighted by molar-refractivity contribution is 0.271. The van der Waals surface area contributed by atoms with Crippen molar-refractivity contribution in [1.82, 2.24) is 9.62 Å². The summed E-state index contributed by atoms with van der Waals surface area (Å²) >= 11 is 0. The Hall–Kier alpha value is -2.20. The molecule has 2 aromatic rings. The van der Waals surface area contributed by atoms with E-state index in [1.165, 1.54) is 5.56 Å². The molecule has 2 aromatic carbocycles. The molecule has 5 nitrogen and oxygen atoms in total. The summed E-state index contributed by atoms with van der Waals surface area (Å²) < 4.78 is 27.8. The molecule has 1 aliphatic heterocycles. The number of piperazine rings is 1. The average molecular weight is 369 g/mol. The third kappa shape index (κ3) is 4.13. The second-order valence-corrected chi connectivity index (χ2v) is 8.42. The molecule has 0 bridgehead atoms. The van der Waals surface area contributed by atoms with Crippen molar-refractivity contribution < 1.29 is 8.42 Å². The number of benzene rings is 2. The zero-order chi connectivity index (χ0) is 18.6. The van der Waals surface area contributed by atoms with Gasteiger partial charge in [-0.1, -0.05) is 43.3 Å². The van der Waals surface area contributed by atoms with Crippen molar-refractivity contribution >= 4 is 10.0 Å². The Bertz CT molecular complexity index is 901. The summed E-state index contributed by atoms with van der Waals surface area (Å²) in [5.74, 6) is -0.0912. The molecule has 1 saturated heterocycles. The molecular weight excluding hydrogens is 346 g/mol. The first kappa shape index (κ1) is 18.6. The molecule has 136 valence electrons. The van der Waals surface area contributed by atoms with Crippen molar-refractivity contribution in [3.8, 4) is 6.07 Å². The minimum Gasteiger partial charge on any atom is -0.313 e. The fourth-order valence-corrected chi connectivity index (χ4v) is 5.02. The van der Waals surface area contributed by atoms with Crippen molar-refractivity contribution in [3.63, 3.8) is 0 Å². The Balaban J connectivity index is 1.86. The molecule has 1 N–H and O–H groups in total. The number of aryl methyl sites for hydroxylation is 1. The smallest absolute Gasteiger partial charge is 0.218 e. The zero-order valence-electron chi connectivity index (χ0n) is 14.9. The van der Waals surface area contributed by atoms with Crippen molar-refractivity contribution in [2.45, 2.75) is 25.1 Å². The molecule has 1 unspecified atom stereocenters. The predicted molar refractivity (Wildman–Crippen MR) is 102 cm³/mol. The van der Waals surface area contributed by atoms with Crippen LogP contribution in [-0.4, -0.2) is 32.4 Å². The van der Waals surface area contributed by atoms with E-state index in [0.717, 1.165) is 12.0 Å². The van der Waals surface area contributed by atoms with Gasteiger partial charge < -0.3 is 5.32 Å². The van der Waals surface area contributed by atoms with Gasteiger partial charge in [0.1, 0.15) is 0 Å². The molecule has 0 radical (unpaired) electrons. The largest absolute Gasteiger partial charge is 0.313 e. The average Bonchev–Trinajstić information content (AvgIpc) is 2.68. The molecule has 0 aliphatic carbocycles. The molecule has 6 heteroatoms. The van der Waals surface area contributed by atoms with Crippen LogP contribution in [0.25, 0.3) is 0 Å². The van der Waals surface area contributed by atoms with E-state index in [9.17, 15) is 8.42 Å². The fraction of sp³-hybridized carbons (Fsp3) is 0.350. The summed E-state index contributed by atoms with van der Waals surface area (Å²) in [6.07, 6.45) is 0.959. The number of rotatable bonds is 5. The molecule has 1 heterocycles. The standard InChI is InChI=1S/C20H23N3O2S/c1-2-16-6-8-19(9-7-16)20-14-22-10-11-23(20)26(24,25)15-18-5-3-4-17(12-18)13-21/h3-9,12,20,22H,2,10-11,14-15H2,1H3. The maximum Gasteiger partial charge on any atom is 0.218 e. The van der Waals surface area contributed by atoms with Crippen molar-refractivity contribution in [1.29, 1.82) is 5.26 Å². The number of sulfonamides is 1. The van der Waals surface area contributed by atoms with Crippen molar-refractivity contribution in [3.05, 3.63) is 70.8 Å². The maximum absolute atomic E-state index is 13.1. The summed E-state index contributed by atoms with van der Waals surface area (Å²) in [6.45, 7) is 3.79. The van der Waals surface area contributed by atoms with Gasteiger partial charge >= 0.3 is 0 Å². The quantitative estimate of drug-likeness (QED) is 0.879. The van der Waals surface area contributed by atoms with Crippen LogP contribution in [0.1, 0.15) is 35.2 Å². The minimum absolute atomic E-state index is 0.0912. The van der Waals surface area contributed by atoms with Gasteiger partial charge in [0.15, 0.2) is 0 Å².